The smallest absolute Gasteiger partial charge is 0.366 e. The van der Waals surface area contributed by atoms with E-state index in [-0.39, 0.29) is 18.2 Å². The molecule has 0 saturated carbocycles. The Kier molecular flexibility index (Phi) is 8.59. The zero-order valence-corrected chi connectivity index (χ0v) is 19.4. The highest BCUT2D eigenvalue weighted by atomic mass is 35.5. The van der Waals surface area contributed by atoms with Crippen LogP contribution < -0.4 is 4.90 Å². The predicted molar refractivity (Wildman–Crippen MR) is 124 cm³/mol. The molecule has 8 heteroatoms. The first-order chi connectivity index (χ1) is 15.9. The molecule has 0 bridgehead atoms. The summed E-state index contributed by atoms with van der Waals surface area (Å²) in [4.78, 5) is 20.7. The van der Waals surface area contributed by atoms with Crippen molar-refractivity contribution < 1.29 is 18.4 Å². The Morgan fingerprint density at radius 1 is 0.909 bits per heavy atom. The van der Waals surface area contributed by atoms with Crippen LogP contribution in [0.4, 0.5) is 14.5 Å². The van der Waals surface area contributed by atoms with E-state index in [1.54, 1.807) is 0 Å². The number of hydrogen-bond donors (Lipinski definition) is 0. The Morgan fingerprint density at radius 3 is 1.73 bits per heavy atom. The molecule has 1 saturated heterocycles. The Balaban J connectivity index is 0.000000968. The molecule has 0 amide bonds. The zero-order chi connectivity index (χ0) is 24.0. The van der Waals surface area contributed by atoms with E-state index in [1.807, 2.05) is 55.5 Å². The molecule has 0 aliphatic carbocycles. The molecule has 33 heavy (non-hydrogen) atoms. The van der Waals surface area contributed by atoms with E-state index in [2.05, 4.69) is 9.80 Å². The van der Waals surface area contributed by atoms with Crippen molar-refractivity contribution in [2.75, 3.05) is 24.5 Å². The van der Waals surface area contributed by atoms with Gasteiger partial charge in [-0.05, 0) is 54.4 Å². The number of likely N-dealkylation sites (tertiary alicyclic amines) is 1. The number of hydrogen-bond acceptors (Lipinski definition) is 4. The fourth-order valence-corrected chi connectivity index (χ4v) is 4.41. The van der Waals surface area contributed by atoms with Gasteiger partial charge in [-0.25, -0.2) is 8.78 Å². The number of halogens is 4. The standard InChI is InChI=1S/C24H22Cl2F2N2.CO2/c1-2-30(22-12-20(27)11-21(28)13-22)23-14-29(15-23)24(16-3-7-18(25)8-4-16)17-5-9-19(26)10-6-17;2-1-3/h3-13,23-24H,2,14-15H2,1H3;. The van der Waals surface area contributed by atoms with Gasteiger partial charge in [0.05, 0.1) is 12.1 Å². The second-order valence-electron chi connectivity index (χ2n) is 7.61. The quantitative estimate of drug-likeness (QED) is 0.425. The first-order valence-corrected chi connectivity index (χ1v) is 11.1. The SMILES string of the molecule is CCN(c1cc(F)cc(F)c1)C1CN(C(c2ccc(Cl)cc2)c2ccc(Cl)cc2)C1.O=C=O. The summed E-state index contributed by atoms with van der Waals surface area (Å²) in [6, 6.07) is 19.6. The number of likely N-dealkylation sites (N-methyl/N-ethyl adjacent to an activating group) is 1. The molecule has 3 aromatic rings. The summed E-state index contributed by atoms with van der Waals surface area (Å²) < 4.78 is 27.4. The van der Waals surface area contributed by atoms with Crippen LogP contribution in [0.1, 0.15) is 24.1 Å². The molecule has 0 radical (unpaired) electrons. The molecule has 1 aliphatic rings. The number of rotatable bonds is 6. The van der Waals surface area contributed by atoms with E-state index < -0.39 is 11.6 Å². The molecule has 0 aromatic heterocycles. The second-order valence-corrected chi connectivity index (χ2v) is 8.48. The van der Waals surface area contributed by atoms with Crippen LogP contribution in [0.3, 0.4) is 0 Å². The van der Waals surface area contributed by atoms with Crippen LogP contribution in [-0.4, -0.2) is 36.7 Å². The summed E-state index contributed by atoms with van der Waals surface area (Å²) in [5.41, 5.74) is 2.86. The third kappa shape index (κ3) is 6.18. The Bertz CT molecular complexity index is 1030. The molecule has 0 unspecified atom stereocenters. The van der Waals surface area contributed by atoms with E-state index in [0.29, 0.717) is 22.3 Å². The van der Waals surface area contributed by atoms with Gasteiger partial charge in [-0.15, -0.1) is 0 Å². The molecule has 3 aromatic carbocycles. The topological polar surface area (TPSA) is 40.6 Å². The molecule has 1 fully saturated rings. The maximum absolute atomic E-state index is 13.7. The average Bonchev–Trinajstić information content (AvgIpc) is 2.74. The second kappa shape index (κ2) is 11.4. The molecule has 172 valence electrons. The van der Waals surface area contributed by atoms with Crippen molar-refractivity contribution in [3.8, 4) is 0 Å². The van der Waals surface area contributed by atoms with Crippen LogP contribution in [0, 0.1) is 11.6 Å². The van der Waals surface area contributed by atoms with Crippen LogP contribution in [0.2, 0.25) is 10.0 Å². The van der Waals surface area contributed by atoms with Crippen molar-refractivity contribution >= 4 is 35.0 Å². The van der Waals surface area contributed by atoms with E-state index in [9.17, 15) is 8.78 Å². The van der Waals surface area contributed by atoms with Crippen LogP contribution in [0.5, 0.6) is 0 Å². The molecule has 1 aliphatic heterocycles. The number of carbonyl (C=O) groups excluding carboxylic acids is 2. The highest BCUT2D eigenvalue weighted by molar-refractivity contribution is 6.30. The van der Waals surface area contributed by atoms with Crippen LogP contribution >= 0.6 is 23.2 Å². The van der Waals surface area contributed by atoms with Gasteiger partial charge in [0.2, 0.25) is 0 Å². The maximum Gasteiger partial charge on any atom is 0.373 e. The molecule has 0 N–H and O–H groups in total. The summed E-state index contributed by atoms with van der Waals surface area (Å²) in [5.74, 6) is -1.11. The molecule has 4 rings (SSSR count). The van der Waals surface area contributed by atoms with Crippen molar-refractivity contribution in [2.45, 2.75) is 19.0 Å². The monoisotopic (exact) mass is 490 g/mol. The van der Waals surface area contributed by atoms with Crippen LogP contribution in [0.25, 0.3) is 0 Å². The lowest BCUT2D eigenvalue weighted by molar-refractivity contribution is -0.191. The maximum atomic E-state index is 13.7. The number of anilines is 1. The van der Waals surface area contributed by atoms with Gasteiger partial charge in [0.25, 0.3) is 0 Å². The third-order valence-electron chi connectivity index (χ3n) is 5.59. The lowest BCUT2D eigenvalue weighted by Gasteiger charge is -2.49. The van der Waals surface area contributed by atoms with Gasteiger partial charge in [-0.1, -0.05) is 47.5 Å². The number of benzene rings is 3. The molecular formula is C25H22Cl2F2N2O2. The van der Waals surface area contributed by atoms with E-state index in [4.69, 9.17) is 32.8 Å². The Morgan fingerprint density at radius 2 is 1.33 bits per heavy atom. The van der Waals surface area contributed by atoms with Gasteiger partial charge in [-0.2, -0.15) is 9.59 Å². The van der Waals surface area contributed by atoms with Gasteiger partial charge >= 0.3 is 6.15 Å². The lowest BCUT2D eigenvalue weighted by atomic mass is 9.92. The first kappa shape index (κ1) is 24.9. The van der Waals surface area contributed by atoms with Crippen LogP contribution in [0.15, 0.2) is 66.7 Å². The van der Waals surface area contributed by atoms with Crippen molar-refractivity contribution in [3.05, 3.63) is 99.5 Å². The van der Waals surface area contributed by atoms with Crippen LogP contribution in [-0.2, 0) is 9.59 Å². The predicted octanol–water partition coefficient (Wildman–Crippen LogP) is 5.99. The highest BCUT2D eigenvalue weighted by Crippen LogP contribution is 2.36. The first-order valence-electron chi connectivity index (χ1n) is 10.3. The molecule has 0 atom stereocenters. The van der Waals surface area contributed by atoms with Crippen molar-refractivity contribution in [1.82, 2.24) is 4.90 Å². The Hall–Kier alpha value is -2.76. The average molecular weight is 491 g/mol. The molecular weight excluding hydrogens is 469 g/mol. The lowest BCUT2D eigenvalue weighted by Crippen LogP contribution is -2.60. The summed E-state index contributed by atoms with van der Waals surface area (Å²) in [6.45, 7) is 4.24. The van der Waals surface area contributed by atoms with Gasteiger partial charge in [-0.3, -0.25) is 4.90 Å². The van der Waals surface area contributed by atoms with Gasteiger partial charge in [0.1, 0.15) is 11.6 Å². The normalized spacial score (nSPS) is 13.6. The fraction of sp³-hybridized carbons (Fsp3) is 0.240. The van der Waals surface area contributed by atoms with Crippen molar-refractivity contribution in [3.63, 3.8) is 0 Å². The molecule has 4 nitrogen and oxygen atoms in total. The van der Waals surface area contributed by atoms with E-state index >= 15 is 0 Å². The Labute approximate surface area is 201 Å². The van der Waals surface area contributed by atoms with Crippen molar-refractivity contribution in [1.29, 1.82) is 0 Å². The summed E-state index contributed by atoms with van der Waals surface area (Å²) in [5, 5.41) is 1.39. The van der Waals surface area contributed by atoms with E-state index in [0.717, 1.165) is 30.3 Å². The zero-order valence-electron chi connectivity index (χ0n) is 17.8. The fourth-order valence-electron chi connectivity index (χ4n) is 4.16. The van der Waals surface area contributed by atoms with Gasteiger partial charge in [0.15, 0.2) is 0 Å². The van der Waals surface area contributed by atoms with Gasteiger partial charge < -0.3 is 4.90 Å². The number of nitrogens with zero attached hydrogens (tertiary/aromatic N) is 2. The summed E-state index contributed by atoms with van der Waals surface area (Å²) in [6.07, 6.45) is 0.250. The minimum atomic E-state index is -0.556. The summed E-state index contributed by atoms with van der Waals surface area (Å²) >= 11 is 12.2. The summed E-state index contributed by atoms with van der Waals surface area (Å²) in [7, 11) is 0. The minimum absolute atomic E-state index is 0.0544. The minimum Gasteiger partial charge on any atom is -0.366 e. The van der Waals surface area contributed by atoms with Crippen molar-refractivity contribution in [2.24, 2.45) is 0 Å². The molecule has 0 spiro atoms. The van der Waals surface area contributed by atoms with E-state index in [1.165, 1.54) is 12.1 Å². The third-order valence-corrected chi connectivity index (χ3v) is 6.09. The largest absolute Gasteiger partial charge is 0.373 e. The molecule has 1 heterocycles. The van der Waals surface area contributed by atoms with Gasteiger partial charge in [0, 0.05) is 41.4 Å². The highest BCUT2D eigenvalue weighted by Gasteiger charge is 2.37.